The molecule has 6 nitrogen and oxygen atoms in total. The van der Waals surface area contributed by atoms with Crippen molar-refractivity contribution in [3.63, 3.8) is 0 Å². The van der Waals surface area contributed by atoms with Crippen LogP contribution in [0.3, 0.4) is 0 Å². The molecule has 0 aromatic heterocycles. The van der Waals surface area contributed by atoms with Crippen molar-refractivity contribution in [3.8, 4) is 17.2 Å². The van der Waals surface area contributed by atoms with Crippen LogP contribution in [0.4, 0.5) is 0 Å². The van der Waals surface area contributed by atoms with Crippen molar-refractivity contribution in [1.29, 1.82) is 0 Å². The number of halogens is 1. The quantitative estimate of drug-likeness (QED) is 0.748. The molecule has 2 atom stereocenters. The molecule has 0 unspecified atom stereocenters. The SMILES string of the molecule is COC1=CC(=O)C[C@@H](C)[C@]12Oc1c(Cl)c(OC)cc(OC3CCCC3)c1C2=O. The summed E-state index contributed by atoms with van der Waals surface area (Å²) < 4.78 is 23.2. The van der Waals surface area contributed by atoms with Crippen LogP contribution < -0.4 is 14.2 Å². The van der Waals surface area contributed by atoms with Gasteiger partial charge in [-0.15, -0.1) is 0 Å². The van der Waals surface area contributed by atoms with Crippen molar-refractivity contribution in [2.75, 3.05) is 14.2 Å². The third-order valence-corrected chi connectivity index (χ3v) is 6.23. The first kappa shape index (κ1) is 19.1. The van der Waals surface area contributed by atoms with E-state index in [2.05, 4.69) is 0 Å². The number of rotatable bonds is 4. The van der Waals surface area contributed by atoms with Crippen LogP contribution in [0.2, 0.25) is 5.02 Å². The Morgan fingerprint density at radius 3 is 2.50 bits per heavy atom. The summed E-state index contributed by atoms with van der Waals surface area (Å²) in [7, 11) is 2.93. The van der Waals surface area contributed by atoms with Gasteiger partial charge in [0.2, 0.25) is 11.4 Å². The van der Waals surface area contributed by atoms with E-state index in [0.29, 0.717) is 17.1 Å². The molecule has 1 heterocycles. The van der Waals surface area contributed by atoms with Gasteiger partial charge in [-0.1, -0.05) is 18.5 Å². The maximum Gasteiger partial charge on any atom is 0.231 e. The lowest BCUT2D eigenvalue weighted by Crippen LogP contribution is -2.51. The third kappa shape index (κ3) is 2.69. The number of allylic oxidation sites excluding steroid dienone is 1. The molecule has 0 saturated heterocycles. The Morgan fingerprint density at radius 1 is 1.14 bits per heavy atom. The number of fused-ring (bicyclic) bond motifs is 1. The average molecular weight is 407 g/mol. The molecule has 1 aromatic carbocycles. The monoisotopic (exact) mass is 406 g/mol. The van der Waals surface area contributed by atoms with Gasteiger partial charge in [-0.2, -0.15) is 0 Å². The Hall–Kier alpha value is -2.21. The van der Waals surface area contributed by atoms with Crippen molar-refractivity contribution >= 4 is 23.2 Å². The zero-order chi connectivity index (χ0) is 20.1. The van der Waals surface area contributed by atoms with Crippen LogP contribution in [0.15, 0.2) is 17.9 Å². The van der Waals surface area contributed by atoms with E-state index >= 15 is 0 Å². The molecule has 0 amide bonds. The van der Waals surface area contributed by atoms with Gasteiger partial charge in [0.15, 0.2) is 17.3 Å². The first-order chi connectivity index (χ1) is 13.4. The lowest BCUT2D eigenvalue weighted by Gasteiger charge is -2.36. The van der Waals surface area contributed by atoms with Gasteiger partial charge in [0.1, 0.15) is 22.1 Å². The van der Waals surface area contributed by atoms with Crippen molar-refractivity contribution in [2.24, 2.45) is 5.92 Å². The maximum absolute atomic E-state index is 13.7. The fraction of sp³-hybridized carbons (Fsp3) is 0.524. The number of hydrogen-bond donors (Lipinski definition) is 0. The van der Waals surface area contributed by atoms with E-state index < -0.39 is 11.5 Å². The highest BCUT2D eigenvalue weighted by Crippen LogP contribution is 2.54. The van der Waals surface area contributed by atoms with Gasteiger partial charge in [0, 0.05) is 24.5 Å². The van der Waals surface area contributed by atoms with Gasteiger partial charge < -0.3 is 18.9 Å². The summed E-state index contributed by atoms with van der Waals surface area (Å²) in [6.45, 7) is 1.80. The van der Waals surface area contributed by atoms with Crippen LogP contribution in [-0.2, 0) is 9.53 Å². The highest BCUT2D eigenvalue weighted by atomic mass is 35.5. The average Bonchev–Trinajstić information content (AvgIpc) is 3.28. The highest BCUT2D eigenvalue weighted by Gasteiger charge is 2.60. The lowest BCUT2D eigenvalue weighted by atomic mass is 9.75. The molecule has 1 saturated carbocycles. The first-order valence-corrected chi connectivity index (χ1v) is 9.90. The van der Waals surface area contributed by atoms with E-state index in [1.807, 2.05) is 0 Å². The minimum absolute atomic E-state index is 0.0436. The lowest BCUT2D eigenvalue weighted by molar-refractivity contribution is -0.118. The van der Waals surface area contributed by atoms with Gasteiger partial charge in [-0.05, 0) is 25.7 Å². The molecular weight excluding hydrogens is 384 g/mol. The van der Waals surface area contributed by atoms with E-state index in [-0.39, 0.29) is 40.6 Å². The topological polar surface area (TPSA) is 71.1 Å². The van der Waals surface area contributed by atoms with Gasteiger partial charge >= 0.3 is 0 Å². The van der Waals surface area contributed by atoms with Crippen molar-refractivity contribution in [1.82, 2.24) is 0 Å². The van der Waals surface area contributed by atoms with Crippen LogP contribution in [0, 0.1) is 5.92 Å². The van der Waals surface area contributed by atoms with Crippen molar-refractivity contribution in [3.05, 3.63) is 28.5 Å². The number of carbonyl (C=O) groups excluding carboxylic acids is 2. The number of benzene rings is 1. The van der Waals surface area contributed by atoms with E-state index in [0.717, 1.165) is 25.7 Å². The summed E-state index contributed by atoms with van der Waals surface area (Å²) in [6.07, 6.45) is 5.64. The van der Waals surface area contributed by atoms with Crippen molar-refractivity contribution < 1.29 is 28.5 Å². The molecule has 1 aliphatic heterocycles. The molecule has 7 heteroatoms. The molecular formula is C21H23ClO6. The fourth-order valence-corrected chi connectivity index (χ4v) is 4.68. The fourth-order valence-electron chi connectivity index (χ4n) is 4.42. The third-order valence-electron chi connectivity index (χ3n) is 5.87. The predicted octanol–water partition coefficient (Wildman–Crippen LogP) is 4.12. The maximum atomic E-state index is 13.7. The molecule has 0 N–H and O–H groups in total. The van der Waals surface area contributed by atoms with Crippen LogP contribution in [0.25, 0.3) is 0 Å². The largest absolute Gasteiger partial charge is 0.496 e. The van der Waals surface area contributed by atoms with Crippen molar-refractivity contribution in [2.45, 2.75) is 50.7 Å². The van der Waals surface area contributed by atoms with Gasteiger partial charge in [0.05, 0.1) is 20.3 Å². The Balaban J connectivity index is 1.86. The van der Waals surface area contributed by atoms with Gasteiger partial charge in [-0.3, -0.25) is 9.59 Å². The number of methoxy groups -OCH3 is 2. The summed E-state index contributed by atoms with van der Waals surface area (Å²) in [6, 6.07) is 1.65. The smallest absolute Gasteiger partial charge is 0.231 e. The van der Waals surface area contributed by atoms with Crippen LogP contribution in [0.5, 0.6) is 17.2 Å². The molecule has 1 aromatic rings. The van der Waals surface area contributed by atoms with Gasteiger partial charge in [-0.25, -0.2) is 0 Å². The second-order valence-electron chi connectivity index (χ2n) is 7.57. The normalized spacial score (nSPS) is 26.9. The van der Waals surface area contributed by atoms with Crippen LogP contribution in [-0.4, -0.2) is 37.5 Å². The Kier molecular flexibility index (Phi) is 4.78. The highest BCUT2D eigenvalue weighted by molar-refractivity contribution is 6.35. The molecule has 1 fully saturated rings. The Morgan fingerprint density at radius 2 is 1.86 bits per heavy atom. The Labute approximate surface area is 168 Å². The number of hydrogen-bond acceptors (Lipinski definition) is 6. The number of carbonyl (C=O) groups is 2. The summed E-state index contributed by atoms with van der Waals surface area (Å²) in [4.78, 5) is 25.7. The number of Topliss-reactive ketones (excluding diaryl/α,β-unsaturated/α-hetero) is 1. The molecule has 2 aliphatic carbocycles. The van der Waals surface area contributed by atoms with E-state index in [4.69, 9.17) is 30.5 Å². The molecule has 3 aliphatic rings. The minimum Gasteiger partial charge on any atom is -0.496 e. The zero-order valence-corrected chi connectivity index (χ0v) is 16.9. The van der Waals surface area contributed by atoms with Gasteiger partial charge in [0.25, 0.3) is 0 Å². The molecule has 150 valence electrons. The van der Waals surface area contributed by atoms with E-state index in [1.165, 1.54) is 20.3 Å². The summed E-state index contributed by atoms with van der Waals surface area (Å²) in [5.41, 5.74) is -1.13. The summed E-state index contributed by atoms with van der Waals surface area (Å²) >= 11 is 6.49. The van der Waals surface area contributed by atoms with E-state index in [9.17, 15) is 9.59 Å². The number of ether oxygens (including phenoxy) is 4. The second-order valence-corrected chi connectivity index (χ2v) is 7.95. The second kappa shape index (κ2) is 6.99. The van der Waals surface area contributed by atoms with E-state index in [1.54, 1.807) is 13.0 Å². The predicted molar refractivity (Wildman–Crippen MR) is 102 cm³/mol. The molecule has 0 radical (unpaired) electrons. The van der Waals surface area contributed by atoms with Crippen LogP contribution in [0.1, 0.15) is 49.4 Å². The minimum atomic E-state index is -1.42. The molecule has 28 heavy (non-hydrogen) atoms. The summed E-state index contributed by atoms with van der Waals surface area (Å²) in [5, 5.41) is 0.209. The number of ketones is 2. The van der Waals surface area contributed by atoms with Crippen LogP contribution >= 0.6 is 11.6 Å². The zero-order valence-electron chi connectivity index (χ0n) is 16.2. The standard InChI is InChI=1S/C21H23ClO6/c1-11-8-12(23)9-16(26-3)21(11)20(24)17-14(27-13-6-4-5-7-13)10-15(25-2)18(22)19(17)28-21/h9-11,13H,4-8H2,1-3H3/t11-,21+/m1/s1. The Bertz CT molecular complexity index is 870. The molecule has 4 rings (SSSR count). The summed E-state index contributed by atoms with van der Waals surface area (Å²) in [5.74, 6) is 0.385. The molecule has 0 bridgehead atoms. The first-order valence-electron chi connectivity index (χ1n) is 9.52. The molecule has 1 spiro atoms.